The van der Waals surface area contributed by atoms with Crippen molar-refractivity contribution in [3.63, 3.8) is 0 Å². The Morgan fingerprint density at radius 3 is 2.09 bits per heavy atom. The van der Waals surface area contributed by atoms with Crippen LogP contribution in [0.3, 0.4) is 0 Å². The molecule has 0 aliphatic rings. The molecular formula is C20H37NO. The first kappa shape index (κ1) is 21.1. The largest absolute Gasteiger partial charge is 0.412 e. The lowest BCUT2D eigenvalue weighted by molar-refractivity contribution is 0.539. The van der Waals surface area contributed by atoms with E-state index in [2.05, 4.69) is 39.0 Å². The Bertz CT molecular complexity index is 389. The van der Waals surface area contributed by atoms with E-state index in [4.69, 9.17) is 5.73 Å². The third kappa shape index (κ3) is 6.93. The Labute approximate surface area is 137 Å². The van der Waals surface area contributed by atoms with Crippen LogP contribution >= 0.6 is 0 Å². The average Bonchev–Trinajstić information content (AvgIpc) is 2.52. The molecule has 1 rings (SSSR count). The van der Waals surface area contributed by atoms with Crippen LogP contribution in [-0.2, 0) is 12.8 Å². The zero-order valence-electron chi connectivity index (χ0n) is 15.0. The molecule has 4 N–H and O–H groups in total. The van der Waals surface area contributed by atoms with Gasteiger partial charge in [0.25, 0.3) is 0 Å². The molecule has 1 aromatic rings. The lowest BCUT2D eigenvalue weighted by atomic mass is 9.91. The molecule has 2 heteroatoms. The Kier molecular flexibility index (Phi) is 12.2. The van der Waals surface area contributed by atoms with Gasteiger partial charge in [0.05, 0.1) is 0 Å². The fourth-order valence-electron chi connectivity index (χ4n) is 3.24. The van der Waals surface area contributed by atoms with Gasteiger partial charge in [-0.15, -0.1) is 0 Å². The van der Waals surface area contributed by atoms with Crippen molar-refractivity contribution < 1.29 is 5.48 Å². The van der Waals surface area contributed by atoms with E-state index >= 15 is 0 Å². The number of rotatable bonds is 11. The SMILES string of the molecule is CCCCCCCCCC(N)c1cccc(CC)c1CC.O. The van der Waals surface area contributed by atoms with Crippen LogP contribution in [-0.4, -0.2) is 5.48 Å². The van der Waals surface area contributed by atoms with Gasteiger partial charge < -0.3 is 11.2 Å². The standard InChI is InChI=1S/C20H35N.H2O/c1-4-7-8-9-10-11-12-16-20(21)19-15-13-14-17(5-2)18(19)6-3;/h13-15,20H,4-12,16,21H2,1-3H3;1H2. The van der Waals surface area contributed by atoms with Crippen LogP contribution in [0.2, 0.25) is 0 Å². The van der Waals surface area contributed by atoms with Crippen LogP contribution in [0.15, 0.2) is 18.2 Å². The fraction of sp³-hybridized carbons (Fsp3) is 0.700. The van der Waals surface area contributed by atoms with Crippen molar-refractivity contribution in [2.24, 2.45) is 5.73 Å². The van der Waals surface area contributed by atoms with Crippen molar-refractivity contribution >= 4 is 0 Å². The summed E-state index contributed by atoms with van der Waals surface area (Å²) in [4.78, 5) is 0. The molecule has 1 atom stereocenters. The normalized spacial score (nSPS) is 12.0. The van der Waals surface area contributed by atoms with E-state index in [9.17, 15) is 0 Å². The first-order chi connectivity index (χ1) is 10.2. The molecule has 1 aromatic carbocycles. The van der Waals surface area contributed by atoms with Crippen molar-refractivity contribution in [2.75, 3.05) is 0 Å². The lowest BCUT2D eigenvalue weighted by Gasteiger charge is -2.18. The van der Waals surface area contributed by atoms with Crippen molar-refractivity contribution in [3.05, 3.63) is 34.9 Å². The zero-order valence-corrected chi connectivity index (χ0v) is 15.0. The highest BCUT2D eigenvalue weighted by Gasteiger charge is 2.12. The molecule has 0 bridgehead atoms. The molecule has 0 heterocycles. The summed E-state index contributed by atoms with van der Waals surface area (Å²) >= 11 is 0. The molecule has 2 nitrogen and oxygen atoms in total. The summed E-state index contributed by atoms with van der Waals surface area (Å²) in [6, 6.07) is 6.90. The van der Waals surface area contributed by atoms with Crippen LogP contribution in [0, 0.1) is 0 Å². The van der Waals surface area contributed by atoms with Gasteiger partial charge in [-0.1, -0.05) is 83.9 Å². The summed E-state index contributed by atoms with van der Waals surface area (Å²) in [5.74, 6) is 0. The molecule has 0 aliphatic heterocycles. The predicted molar refractivity (Wildman–Crippen MR) is 98.4 cm³/mol. The number of benzene rings is 1. The van der Waals surface area contributed by atoms with Gasteiger partial charge >= 0.3 is 0 Å². The monoisotopic (exact) mass is 307 g/mol. The molecule has 0 saturated carbocycles. The second-order valence-corrected chi connectivity index (χ2v) is 6.21. The van der Waals surface area contributed by atoms with Crippen LogP contribution in [0.25, 0.3) is 0 Å². The molecule has 0 amide bonds. The first-order valence-corrected chi connectivity index (χ1v) is 9.10. The number of hydrogen-bond acceptors (Lipinski definition) is 1. The van der Waals surface area contributed by atoms with Gasteiger partial charge in [0.1, 0.15) is 0 Å². The highest BCUT2D eigenvalue weighted by Crippen LogP contribution is 2.25. The van der Waals surface area contributed by atoms with Crippen LogP contribution < -0.4 is 5.73 Å². The number of aryl methyl sites for hydroxylation is 1. The van der Waals surface area contributed by atoms with Crippen LogP contribution in [0.4, 0.5) is 0 Å². The number of hydrogen-bond donors (Lipinski definition) is 1. The molecular weight excluding hydrogens is 270 g/mol. The predicted octanol–water partition coefficient (Wildman–Crippen LogP) is 5.13. The summed E-state index contributed by atoms with van der Waals surface area (Å²) < 4.78 is 0. The smallest absolute Gasteiger partial charge is 0.0297 e. The molecule has 0 spiro atoms. The van der Waals surface area contributed by atoms with Crippen LogP contribution in [0.5, 0.6) is 0 Å². The van der Waals surface area contributed by atoms with E-state index in [1.165, 1.54) is 61.6 Å². The minimum absolute atomic E-state index is 0. The van der Waals surface area contributed by atoms with Crippen molar-refractivity contribution in [1.82, 2.24) is 0 Å². The number of unbranched alkanes of at least 4 members (excludes halogenated alkanes) is 6. The van der Waals surface area contributed by atoms with Gasteiger partial charge in [0, 0.05) is 6.04 Å². The second-order valence-electron chi connectivity index (χ2n) is 6.21. The average molecular weight is 308 g/mol. The van der Waals surface area contributed by atoms with Gasteiger partial charge in [0.2, 0.25) is 0 Å². The maximum Gasteiger partial charge on any atom is 0.0297 e. The molecule has 1 unspecified atom stereocenters. The third-order valence-corrected chi connectivity index (χ3v) is 4.56. The summed E-state index contributed by atoms with van der Waals surface area (Å²) in [6.45, 7) is 6.76. The van der Waals surface area contributed by atoms with E-state index in [1.807, 2.05) is 0 Å². The fourth-order valence-corrected chi connectivity index (χ4v) is 3.24. The quantitative estimate of drug-likeness (QED) is 0.566. The topological polar surface area (TPSA) is 57.5 Å². The van der Waals surface area contributed by atoms with E-state index in [1.54, 1.807) is 0 Å². The van der Waals surface area contributed by atoms with Crippen molar-refractivity contribution in [2.45, 2.75) is 91.0 Å². The summed E-state index contributed by atoms with van der Waals surface area (Å²) in [5, 5.41) is 0. The second kappa shape index (κ2) is 12.7. The Morgan fingerprint density at radius 2 is 1.50 bits per heavy atom. The van der Waals surface area contributed by atoms with Gasteiger partial charge in [-0.2, -0.15) is 0 Å². The molecule has 0 saturated heterocycles. The zero-order chi connectivity index (χ0) is 15.5. The molecule has 0 aliphatic carbocycles. The maximum absolute atomic E-state index is 6.46. The van der Waals surface area contributed by atoms with E-state index < -0.39 is 0 Å². The Morgan fingerprint density at radius 1 is 0.864 bits per heavy atom. The van der Waals surface area contributed by atoms with Gasteiger partial charge in [-0.25, -0.2) is 0 Å². The van der Waals surface area contributed by atoms with Crippen LogP contribution in [0.1, 0.15) is 94.9 Å². The van der Waals surface area contributed by atoms with Crippen molar-refractivity contribution in [1.29, 1.82) is 0 Å². The van der Waals surface area contributed by atoms with E-state index in [0.29, 0.717) is 0 Å². The minimum Gasteiger partial charge on any atom is -0.412 e. The van der Waals surface area contributed by atoms with Gasteiger partial charge in [0.15, 0.2) is 0 Å². The molecule has 0 fully saturated rings. The van der Waals surface area contributed by atoms with Gasteiger partial charge in [-0.3, -0.25) is 0 Å². The Hall–Kier alpha value is -0.860. The summed E-state index contributed by atoms with van der Waals surface area (Å²) in [5.41, 5.74) is 10.8. The van der Waals surface area contributed by atoms with Gasteiger partial charge in [-0.05, 0) is 36.0 Å². The maximum atomic E-state index is 6.46. The van der Waals surface area contributed by atoms with E-state index in [-0.39, 0.29) is 11.5 Å². The minimum atomic E-state index is 0. The lowest BCUT2D eigenvalue weighted by Crippen LogP contribution is -2.13. The molecule has 0 radical (unpaired) electrons. The molecule has 0 aromatic heterocycles. The first-order valence-electron chi connectivity index (χ1n) is 9.10. The van der Waals surface area contributed by atoms with Crippen molar-refractivity contribution in [3.8, 4) is 0 Å². The third-order valence-electron chi connectivity index (χ3n) is 4.56. The van der Waals surface area contributed by atoms with E-state index in [0.717, 1.165) is 19.3 Å². The molecule has 22 heavy (non-hydrogen) atoms. The summed E-state index contributed by atoms with van der Waals surface area (Å²) in [7, 11) is 0. The summed E-state index contributed by atoms with van der Waals surface area (Å²) in [6.07, 6.45) is 12.9. The number of nitrogens with two attached hydrogens (primary N) is 1. The highest BCUT2D eigenvalue weighted by atomic mass is 16.0. The molecule has 128 valence electrons. The highest BCUT2D eigenvalue weighted by molar-refractivity contribution is 5.37. The Balaban J connectivity index is 0.00000441.